The van der Waals surface area contributed by atoms with Gasteiger partial charge < -0.3 is 25.8 Å². The lowest BCUT2D eigenvalue weighted by atomic mass is 10.1. The average Bonchev–Trinajstić information content (AvgIpc) is 3.17. The number of nitrogens with zero attached hydrogens (tertiary/aromatic N) is 3. The first-order valence-corrected chi connectivity index (χ1v) is 11.1. The third-order valence-electron chi connectivity index (χ3n) is 5.58. The van der Waals surface area contributed by atoms with Gasteiger partial charge in [0.15, 0.2) is 5.65 Å². The monoisotopic (exact) mass is 426 g/mol. The first-order chi connectivity index (χ1) is 14.0. The lowest BCUT2D eigenvalue weighted by Gasteiger charge is -2.22. The van der Waals surface area contributed by atoms with Gasteiger partial charge in [0.1, 0.15) is 10.8 Å². The van der Waals surface area contributed by atoms with Crippen molar-refractivity contribution in [2.45, 2.75) is 70.1 Å². The molecule has 5 N–H and O–H groups in total. The molecule has 1 saturated carbocycles. The van der Waals surface area contributed by atoms with Crippen molar-refractivity contribution in [3.8, 4) is 5.88 Å². The number of aliphatic hydroxyl groups excluding tert-OH is 2. The third kappa shape index (κ3) is 4.71. The fourth-order valence-corrected chi connectivity index (χ4v) is 4.94. The second-order valence-electron chi connectivity index (χ2n) is 7.64. The summed E-state index contributed by atoms with van der Waals surface area (Å²) in [7, 11) is 0. The Kier molecular flexibility index (Phi) is 7.44. The molecular weight excluding hydrogens is 396 g/mol. The number of anilines is 1. The van der Waals surface area contributed by atoms with Crippen molar-refractivity contribution in [3.05, 3.63) is 9.67 Å². The molecule has 0 aliphatic heterocycles. The minimum absolute atomic E-state index is 0.145. The zero-order valence-corrected chi connectivity index (χ0v) is 17.5. The molecule has 1 fully saturated rings. The number of thiazole rings is 1. The first kappa shape index (κ1) is 21.9. The van der Waals surface area contributed by atoms with E-state index in [1.807, 2.05) is 0 Å². The maximum Gasteiger partial charge on any atom is 0.309 e. The Balaban J connectivity index is 1.71. The van der Waals surface area contributed by atoms with Crippen LogP contribution in [-0.4, -0.2) is 55.3 Å². The Morgan fingerprint density at radius 1 is 1.24 bits per heavy atom. The van der Waals surface area contributed by atoms with E-state index in [1.54, 1.807) is 0 Å². The van der Waals surface area contributed by atoms with Crippen LogP contribution in [0.25, 0.3) is 10.3 Å². The third-order valence-corrected chi connectivity index (χ3v) is 6.52. The molecule has 1 aliphatic carbocycles. The van der Waals surface area contributed by atoms with Gasteiger partial charge in [-0.25, -0.2) is 0 Å². The van der Waals surface area contributed by atoms with Gasteiger partial charge >= 0.3 is 4.87 Å². The Morgan fingerprint density at radius 2 is 1.97 bits per heavy atom. The summed E-state index contributed by atoms with van der Waals surface area (Å²) in [5.41, 5.74) is 5.82. The Labute approximate surface area is 173 Å². The number of rotatable bonds is 10. The Hall–Kier alpha value is -1.75. The van der Waals surface area contributed by atoms with Crippen molar-refractivity contribution in [2.24, 2.45) is 5.92 Å². The van der Waals surface area contributed by atoms with Crippen LogP contribution in [0.3, 0.4) is 0 Å². The fraction of sp³-hybridized carbons (Fsp3) is 0.737. The van der Waals surface area contributed by atoms with Crippen LogP contribution in [-0.2, 0) is 4.74 Å². The number of aliphatic hydroxyl groups is 2. The predicted molar refractivity (Wildman–Crippen MR) is 111 cm³/mol. The van der Waals surface area contributed by atoms with Crippen molar-refractivity contribution in [1.82, 2.24) is 14.5 Å². The quantitative estimate of drug-likeness (QED) is 0.421. The van der Waals surface area contributed by atoms with Gasteiger partial charge in [-0.3, -0.25) is 9.36 Å². The van der Waals surface area contributed by atoms with E-state index in [9.17, 15) is 20.1 Å². The van der Waals surface area contributed by atoms with Crippen LogP contribution >= 0.6 is 11.3 Å². The molecule has 3 rings (SSSR count). The lowest BCUT2D eigenvalue weighted by molar-refractivity contribution is -0.0569. The van der Waals surface area contributed by atoms with Gasteiger partial charge in [0.05, 0.1) is 12.1 Å². The van der Waals surface area contributed by atoms with E-state index in [4.69, 9.17) is 10.5 Å². The standard InChI is InChI=1S/C19H30N4O5S/c1-2-3-4-5-6-7-8-28-14-11(10-24)9-12(13(14)25)23-16-15(29-19(23)27)17(26)22-18(20)21-16/h11-14,24-25H,2-10H2,1H3,(H3,20,21,22,26)/t11-,12-,13+,14+/m1/s1. The van der Waals surface area contributed by atoms with Crippen molar-refractivity contribution in [1.29, 1.82) is 0 Å². The van der Waals surface area contributed by atoms with Crippen LogP contribution in [0.4, 0.5) is 5.95 Å². The number of nitrogens with two attached hydrogens (primary N) is 1. The number of aromatic nitrogens is 3. The molecule has 0 unspecified atom stereocenters. The summed E-state index contributed by atoms with van der Waals surface area (Å²) in [4.78, 5) is 20.0. The molecule has 0 aromatic carbocycles. The summed E-state index contributed by atoms with van der Waals surface area (Å²) in [5, 5.41) is 30.6. The molecule has 0 spiro atoms. The van der Waals surface area contributed by atoms with E-state index in [2.05, 4.69) is 16.9 Å². The predicted octanol–water partition coefficient (Wildman–Crippen LogP) is 1.80. The highest BCUT2D eigenvalue weighted by molar-refractivity contribution is 7.16. The van der Waals surface area contributed by atoms with Gasteiger partial charge in [0, 0.05) is 19.1 Å². The summed E-state index contributed by atoms with van der Waals surface area (Å²) < 4.78 is 7.50. The van der Waals surface area contributed by atoms with E-state index in [1.165, 1.54) is 23.8 Å². The molecule has 0 amide bonds. The Morgan fingerprint density at radius 3 is 2.69 bits per heavy atom. The van der Waals surface area contributed by atoms with Gasteiger partial charge in [-0.1, -0.05) is 50.4 Å². The molecule has 2 aromatic rings. The molecular formula is C19H30N4O5S. The normalized spacial score (nSPS) is 24.5. The van der Waals surface area contributed by atoms with Crippen molar-refractivity contribution in [3.63, 3.8) is 0 Å². The zero-order chi connectivity index (χ0) is 21.0. The summed E-state index contributed by atoms with van der Waals surface area (Å²) in [6.45, 7) is 2.54. The van der Waals surface area contributed by atoms with E-state index in [0.29, 0.717) is 13.0 Å². The minimum Gasteiger partial charge on any atom is -0.492 e. The number of fused-ring (bicyclic) bond motifs is 1. The van der Waals surface area contributed by atoms with Gasteiger partial charge in [-0.2, -0.15) is 9.97 Å². The van der Waals surface area contributed by atoms with Crippen LogP contribution < -0.4 is 10.6 Å². The average molecular weight is 427 g/mol. The second-order valence-corrected chi connectivity index (χ2v) is 8.60. The van der Waals surface area contributed by atoms with Crippen LogP contribution in [0.2, 0.25) is 0 Å². The first-order valence-electron chi connectivity index (χ1n) is 10.3. The second kappa shape index (κ2) is 9.84. The Bertz CT molecular complexity index is 870. The van der Waals surface area contributed by atoms with Gasteiger partial charge in [-0.05, 0) is 12.8 Å². The van der Waals surface area contributed by atoms with Crippen LogP contribution in [0.1, 0.15) is 57.9 Å². The maximum atomic E-state index is 12.6. The summed E-state index contributed by atoms with van der Waals surface area (Å²) >= 11 is 0.806. The van der Waals surface area contributed by atoms with Crippen molar-refractivity contribution in [2.75, 3.05) is 18.9 Å². The van der Waals surface area contributed by atoms with Crippen LogP contribution in [0.5, 0.6) is 5.88 Å². The van der Waals surface area contributed by atoms with Crippen LogP contribution in [0, 0.1) is 5.92 Å². The molecule has 1 aliphatic rings. The molecule has 0 saturated heterocycles. The van der Waals surface area contributed by atoms with Crippen molar-refractivity contribution >= 4 is 27.6 Å². The molecule has 4 atom stereocenters. The summed E-state index contributed by atoms with van der Waals surface area (Å²) in [6, 6.07) is -0.614. The van der Waals surface area contributed by atoms with Crippen LogP contribution in [0.15, 0.2) is 4.79 Å². The fourth-order valence-electron chi connectivity index (χ4n) is 4.07. The highest BCUT2D eigenvalue weighted by Crippen LogP contribution is 2.39. The highest BCUT2D eigenvalue weighted by Gasteiger charge is 2.45. The topological polar surface area (TPSA) is 144 Å². The zero-order valence-electron chi connectivity index (χ0n) is 16.7. The molecule has 10 heteroatoms. The highest BCUT2D eigenvalue weighted by atomic mass is 32.1. The molecule has 162 valence electrons. The van der Waals surface area contributed by atoms with E-state index in [-0.39, 0.29) is 39.6 Å². The largest absolute Gasteiger partial charge is 0.492 e. The molecule has 9 nitrogen and oxygen atoms in total. The van der Waals surface area contributed by atoms with E-state index >= 15 is 0 Å². The van der Waals surface area contributed by atoms with E-state index in [0.717, 1.165) is 30.6 Å². The smallest absolute Gasteiger partial charge is 0.309 e. The number of aromatic hydroxyl groups is 1. The number of hydrogen-bond donors (Lipinski definition) is 4. The van der Waals surface area contributed by atoms with Gasteiger partial charge in [0.2, 0.25) is 11.8 Å². The minimum atomic E-state index is -0.971. The summed E-state index contributed by atoms with van der Waals surface area (Å²) in [5.74, 6) is -0.788. The van der Waals surface area contributed by atoms with Crippen molar-refractivity contribution < 1.29 is 20.1 Å². The number of unbranched alkanes of at least 4 members (excludes halogenated alkanes) is 5. The molecule has 2 heterocycles. The molecule has 0 bridgehead atoms. The number of ether oxygens (including phenoxy) is 1. The maximum absolute atomic E-state index is 12.6. The van der Waals surface area contributed by atoms with Gasteiger partial charge in [0.25, 0.3) is 0 Å². The van der Waals surface area contributed by atoms with E-state index < -0.39 is 18.2 Å². The summed E-state index contributed by atoms with van der Waals surface area (Å²) in [6.07, 6.45) is 5.63. The molecule has 0 radical (unpaired) electrons. The number of nitrogen functional groups attached to an aromatic ring is 1. The molecule has 2 aromatic heterocycles. The lowest BCUT2D eigenvalue weighted by Crippen LogP contribution is -2.35. The van der Waals surface area contributed by atoms with Gasteiger partial charge in [-0.15, -0.1) is 0 Å². The molecule has 29 heavy (non-hydrogen) atoms. The number of hydrogen-bond acceptors (Lipinski definition) is 9. The SMILES string of the molecule is CCCCCCCCO[C@H]1[C@@H](CO)C[C@@H](n2c(=O)sc3c(O)nc(N)nc32)[C@@H]1O.